The Bertz CT molecular complexity index is 537. The van der Waals surface area contributed by atoms with E-state index in [0.29, 0.717) is 13.0 Å². The molecule has 0 radical (unpaired) electrons. The summed E-state index contributed by atoms with van der Waals surface area (Å²) in [5, 5.41) is 10.3. The molecule has 5 heteroatoms. The molecule has 1 fully saturated rings. The average Bonchev–Trinajstić information content (AvgIpc) is 2.46. The van der Waals surface area contributed by atoms with Gasteiger partial charge in [-0.25, -0.2) is 0 Å². The molecule has 0 spiro atoms. The highest BCUT2D eigenvalue weighted by atomic mass is 79.9. The van der Waals surface area contributed by atoms with Crippen LogP contribution in [0.25, 0.3) is 0 Å². The largest absolute Gasteiger partial charge is 0.481 e. The molecule has 3 nitrogen and oxygen atoms in total. The minimum atomic E-state index is -0.677. The smallest absolute Gasteiger partial charge is 0.310 e. The van der Waals surface area contributed by atoms with E-state index in [1.165, 1.54) is 0 Å². The molecule has 1 aliphatic rings. The number of halogens is 2. The summed E-state index contributed by atoms with van der Waals surface area (Å²) in [6, 6.07) is 6.00. The fourth-order valence-corrected chi connectivity index (χ4v) is 3.98. The first kappa shape index (κ1) is 16.8. The lowest BCUT2D eigenvalue weighted by atomic mass is 9.77. The molecule has 0 saturated carbocycles. The molecular weight excluding hydrogens is 354 g/mol. The van der Waals surface area contributed by atoms with Gasteiger partial charge >= 0.3 is 5.97 Å². The normalized spacial score (nSPS) is 24.8. The third-order valence-corrected chi connectivity index (χ3v) is 5.52. The standard InChI is InChI=1S/C16H21BrClNO2/c1-3-16(15(20)21)7-4-8-19(10-16)11(2)13-6-5-12(17)9-14(13)18/h5-6,9,11H,3-4,7-8,10H2,1-2H3,(H,20,21). The van der Waals surface area contributed by atoms with Crippen molar-refractivity contribution in [3.05, 3.63) is 33.3 Å². The predicted octanol–water partition coefficient (Wildman–Crippen LogP) is 4.74. The van der Waals surface area contributed by atoms with Crippen LogP contribution in [0.5, 0.6) is 0 Å². The van der Waals surface area contributed by atoms with Crippen molar-refractivity contribution < 1.29 is 9.90 Å². The number of hydrogen-bond donors (Lipinski definition) is 1. The van der Waals surface area contributed by atoms with Crippen LogP contribution in [-0.4, -0.2) is 29.1 Å². The van der Waals surface area contributed by atoms with Gasteiger partial charge in [-0.1, -0.05) is 40.5 Å². The van der Waals surface area contributed by atoms with Gasteiger partial charge in [-0.3, -0.25) is 9.69 Å². The van der Waals surface area contributed by atoms with Gasteiger partial charge in [0.1, 0.15) is 0 Å². The third-order valence-electron chi connectivity index (χ3n) is 4.70. The summed E-state index contributed by atoms with van der Waals surface area (Å²) in [5.74, 6) is -0.677. The van der Waals surface area contributed by atoms with Crippen molar-refractivity contribution in [3.63, 3.8) is 0 Å². The van der Waals surface area contributed by atoms with Crippen LogP contribution in [0.3, 0.4) is 0 Å². The number of carboxylic acids is 1. The first-order valence-electron chi connectivity index (χ1n) is 7.32. The molecule has 1 aromatic rings. The minimum absolute atomic E-state index is 0.121. The number of carbonyl (C=O) groups is 1. The Morgan fingerprint density at radius 3 is 2.86 bits per heavy atom. The Morgan fingerprint density at radius 1 is 1.57 bits per heavy atom. The number of likely N-dealkylation sites (tertiary alicyclic amines) is 1. The molecule has 2 rings (SSSR count). The molecule has 1 heterocycles. The Kier molecular flexibility index (Phi) is 5.33. The van der Waals surface area contributed by atoms with Crippen molar-refractivity contribution in [2.45, 2.75) is 39.2 Å². The van der Waals surface area contributed by atoms with E-state index in [2.05, 4.69) is 27.8 Å². The Balaban J connectivity index is 2.22. The molecular formula is C16H21BrClNO2. The van der Waals surface area contributed by atoms with Crippen LogP contribution in [0.1, 0.15) is 44.7 Å². The highest BCUT2D eigenvalue weighted by Crippen LogP contribution is 2.38. The second-order valence-corrected chi connectivity index (χ2v) is 7.18. The van der Waals surface area contributed by atoms with Crippen LogP contribution in [0.2, 0.25) is 5.02 Å². The molecule has 0 aromatic heterocycles. The van der Waals surface area contributed by atoms with Crippen molar-refractivity contribution in [2.75, 3.05) is 13.1 Å². The molecule has 1 saturated heterocycles. The lowest BCUT2D eigenvalue weighted by molar-refractivity contribution is -0.153. The van der Waals surface area contributed by atoms with Gasteiger partial charge in [0.15, 0.2) is 0 Å². The number of piperidine rings is 1. The van der Waals surface area contributed by atoms with E-state index in [1.54, 1.807) is 0 Å². The van der Waals surface area contributed by atoms with Gasteiger partial charge in [0.2, 0.25) is 0 Å². The van der Waals surface area contributed by atoms with Gasteiger partial charge < -0.3 is 5.11 Å². The zero-order valence-electron chi connectivity index (χ0n) is 12.4. The number of carboxylic acid groups (broad SMARTS) is 1. The summed E-state index contributed by atoms with van der Waals surface area (Å²) in [6.07, 6.45) is 2.34. The maximum atomic E-state index is 11.7. The Morgan fingerprint density at radius 2 is 2.29 bits per heavy atom. The van der Waals surface area contributed by atoms with Gasteiger partial charge in [-0.05, 0) is 50.4 Å². The molecule has 2 unspecified atom stereocenters. The Labute approximate surface area is 139 Å². The van der Waals surface area contributed by atoms with Crippen molar-refractivity contribution in [2.24, 2.45) is 5.41 Å². The molecule has 0 aliphatic carbocycles. The zero-order valence-corrected chi connectivity index (χ0v) is 14.7. The molecule has 0 bridgehead atoms. The topological polar surface area (TPSA) is 40.5 Å². The van der Waals surface area contributed by atoms with Gasteiger partial charge in [0.05, 0.1) is 5.41 Å². The Hall–Kier alpha value is -0.580. The highest BCUT2D eigenvalue weighted by molar-refractivity contribution is 9.10. The van der Waals surface area contributed by atoms with Crippen molar-refractivity contribution in [1.29, 1.82) is 0 Å². The maximum absolute atomic E-state index is 11.7. The first-order valence-corrected chi connectivity index (χ1v) is 8.49. The van der Waals surface area contributed by atoms with Gasteiger partial charge in [-0.15, -0.1) is 0 Å². The van der Waals surface area contributed by atoms with Crippen LogP contribution < -0.4 is 0 Å². The zero-order chi connectivity index (χ0) is 15.6. The second kappa shape index (κ2) is 6.67. The minimum Gasteiger partial charge on any atom is -0.481 e. The van der Waals surface area contributed by atoms with Crippen molar-refractivity contribution in [3.8, 4) is 0 Å². The summed E-state index contributed by atoms with van der Waals surface area (Å²) in [4.78, 5) is 13.9. The van der Waals surface area contributed by atoms with Gasteiger partial charge in [0.25, 0.3) is 0 Å². The van der Waals surface area contributed by atoms with E-state index in [9.17, 15) is 9.90 Å². The van der Waals surface area contributed by atoms with Crippen LogP contribution in [-0.2, 0) is 4.79 Å². The van der Waals surface area contributed by atoms with Crippen molar-refractivity contribution in [1.82, 2.24) is 4.90 Å². The van der Waals surface area contributed by atoms with Crippen molar-refractivity contribution >= 4 is 33.5 Å². The van der Waals surface area contributed by atoms with Gasteiger partial charge in [0, 0.05) is 22.1 Å². The predicted molar refractivity (Wildman–Crippen MR) is 88.7 cm³/mol. The summed E-state index contributed by atoms with van der Waals surface area (Å²) < 4.78 is 0.954. The second-order valence-electron chi connectivity index (χ2n) is 5.85. The van der Waals surface area contributed by atoms with E-state index in [1.807, 2.05) is 25.1 Å². The van der Waals surface area contributed by atoms with E-state index < -0.39 is 11.4 Å². The molecule has 0 amide bonds. The van der Waals surface area contributed by atoms with E-state index in [-0.39, 0.29) is 6.04 Å². The lowest BCUT2D eigenvalue weighted by Gasteiger charge is -2.42. The van der Waals surface area contributed by atoms with E-state index in [4.69, 9.17) is 11.6 Å². The van der Waals surface area contributed by atoms with E-state index in [0.717, 1.165) is 34.4 Å². The van der Waals surface area contributed by atoms with Gasteiger partial charge in [-0.2, -0.15) is 0 Å². The quantitative estimate of drug-likeness (QED) is 0.827. The molecule has 1 N–H and O–H groups in total. The average molecular weight is 375 g/mol. The molecule has 116 valence electrons. The molecule has 2 atom stereocenters. The summed E-state index contributed by atoms with van der Waals surface area (Å²) in [5.41, 5.74) is 0.436. The number of rotatable bonds is 4. The third kappa shape index (κ3) is 3.43. The summed E-state index contributed by atoms with van der Waals surface area (Å²) >= 11 is 9.75. The maximum Gasteiger partial charge on any atom is 0.310 e. The van der Waals surface area contributed by atoms with E-state index >= 15 is 0 Å². The van der Waals surface area contributed by atoms with Crippen LogP contribution in [0, 0.1) is 5.41 Å². The molecule has 1 aliphatic heterocycles. The highest BCUT2D eigenvalue weighted by Gasteiger charge is 2.42. The SMILES string of the molecule is CCC1(C(=O)O)CCCN(C(C)c2ccc(Br)cc2Cl)C1. The number of benzene rings is 1. The fourth-order valence-electron chi connectivity index (χ4n) is 3.15. The van der Waals surface area contributed by atoms with Crippen LogP contribution in [0.15, 0.2) is 22.7 Å². The number of nitrogens with zero attached hydrogens (tertiary/aromatic N) is 1. The number of aliphatic carboxylic acids is 1. The summed E-state index contributed by atoms with van der Waals surface area (Å²) in [6.45, 7) is 5.58. The summed E-state index contributed by atoms with van der Waals surface area (Å²) in [7, 11) is 0. The monoisotopic (exact) mass is 373 g/mol. The van der Waals surface area contributed by atoms with Crippen LogP contribution in [0.4, 0.5) is 0 Å². The fraction of sp³-hybridized carbons (Fsp3) is 0.562. The first-order chi connectivity index (χ1) is 9.89. The molecule has 1 aromatic carbocycles. The number of hydrogen-bond acceptors (Lipinski definition) is 2. The lowest BCUT2D eigenvalue weighted by Crippen LogP contribution is -2.48. The molecule has 21 heavy (non-hydrogen) atoms. The van der Waals surface area contributed by atoms with Crippen LogP contribution >= 0.6 is 27.5 Å².